The highest BCUT2D eigenvalue weighted by Crippen LogP contribution is 2.31. The van der Waals surface area contributed by atoms with Gasteiger partial charge in [-0.05, 0) is 45.2 Å². The lowest BCUT2D eigenvalue weighted by Gasteiger charge is -2.41. The molecular formula is C15H27NO3S. The lowest BCUT2D eigenvalue weighted by Crippen LogP contribution is -2.48. The van der Waals surface area contributed by atoms with Crippen molar-refractivity contribution in [3.05, 3.63) is 0 Å². The van der Waals surface area contributed by atoms with Gasteiger partial charge in [0, 0.05) is 24.6 Å². The van der Waals surface area contributed by atoms with Crippen LogP contribution in [0.25, 0.3) is 0 Å². The highest BCUT2D eigenvalue weighted by atomic mass is 32.2. The molecule has 0 aromatic heterocycles. The van der Waals surface area contributed by atoms with E-state index in [1.807, 2.05) is 0 Å². The van der Waals surface area contributed by atoms with E-state index in [1.165, 1.54) is 25.5 Å². The summed E-state index contributed by atoms with van der Waals surface area (Å²) in [6.45, 7) is 1.85. The number of carbonyl (C=O) groups excluding carboxylic acids is 1. The normalized spacial score (nSPS) is 29.6. The van der Waals surface area contributed by atoms with E-state index in [0.717, 1.165) is 38.8 Å². The number of Topliss-reactive ketones (excluding diaryl/α,β-unsaturated/α-hetero) is 1. The zero-order valence-electron chi connectivity index (χ0n) is 12.5. The Hall–Kier alpha value is -0.420. The fourth-order valence-corrected chi connectivity index (χ4v) is 4.35. The van der Waals surface area contributed by atoms with Gasteiger partial charge in [-0.2, -0.15) is 0 Å². The smallest absolute Gasteiger partial charge is 0.147 e. The van der Waals surface area contributed by atoms with E-state index in [2.05, 4.69) is 4.90 Å². The minimum Gasteiger partial charge on any atom is -0.300 e. The van der Waals surface area contributed by atoms with Gasteiger partial charge in [-0.1, -0.05) is 12.8 Å². The van der Waals surface area contributed by atoms with E-state index in [0.29, 0.717) is 18.2 Å². The van der Waals surface area contributed by atoms with E-state index in [-0.39, 0.29) is 11.7 Å². The minimum atomic E-state index is -2.87. The molecule has 20 heavy (non-hydrogen) atoms. The lowest BCUT2D eigenvalue weighted by molar-refractivity contribution is -0.127. The van der Waals surface area contributed by atoms with Crippen LogP contribution >= 0.6 is 0 Å². The summed E-state index contributed by atoms with van der Waals surface area (Å²) in [5.74, 6) is 0.910. The molecular weight excluding hydrogens is 274 g/mol. The molecule has 0 bridgehead atoms. The van der Waals surface area contributed by atoms with Crippen molar-refractivity contribution in [3.63, 3.8) is 0 Å². The van der Waals surface area contributed by atoms with Crippen LogP contribution in [-0.2, 0) is 14.6 Å². The largest absolute Gasteiger partial charge is 0.300 e. The fourth-order valence-electron chi connectivity index (χ4n) is 3.70. The van der Waals surface area contributed by atoms with Crippen molar-refractivity contribution in [1.82, 2.24) is 4.90 Å². The summed E-state index contributed by atoms with van der Waals surface area (Å²) >= 11 is 0. The summed E-state index contributed by atoms with van der Waals surface area (Å²) in [5.41, 5.74) is 0. The third-order valence-electron chi connectivity index (χ3n) is 4.69. The van der Waals surface area contributed by atoms with Gasteiger partial charge in [0.1, 0.15) is 15.6 Å². The first-order chi connectivity index (χ1) is 9.47. The van der Waals surface area contributed by atoms with Crippen molar-refractivity contribution in [2.75, 3.05) is 25.1 Å². The number of hydrogen-bond donors (Lipinski definition) is 0. The van der Waals surface area contributed by atoms with Gasteiger partial charge in [0.15, 0.2) is 0 Å². The van der Waals surface area contributed by atoms with Gasteiger partial charge in [0.2, 0.25) is 0 Å². The molecule has 5 heteroatoms. The number of likely N-dealkylation sites (tertiary alicyclic amines) is 1. The minimum absolute atomic E-state index is 0.210. The SMILES string of the molecule is CS(=O)(=O)CCCN1CCCCC1C1CCCCC1=O. The first-order valence-corrected chi connectivity index (χ1v) is 9.98. The zero-order chi connectivity index (χ0) is 14.6. The number of rotatable bonds is 5. The van der Waals surface area contributed by atoms with Crippen LogP contribution in [0.1, 0.15) is 51.4 Å². The molecule has 0 radical (unpaired) electrons. The first-order valence-electron chi connectivity index (χ1n) is 7.92. The van der Waals surface area contributed by atoms with Crippen LogP contribution in [0, 0.1) is 5.92 Å². The second-order valence-electron chi connectivity index (χ2n) is 6.40. The second kappa shape index (κ2) is 7.03. The molecule has 0 amide bonds. The van der Waals surface area contributed by atoms with Gasteiger partial charge in [-0.15, -0.1) is 0 Å². The predicted octanol–water partition coefficient (Wildman–Crippen LogP) is 2.03. The van der Waals surface area contributed by atoms with Gasteiger partial charge in [0.05, 0.1) is 5.75 Å². The summed E-state index contributed by atoms with van der Waals surface area (Å²) < 4.78 is 22.5. The molecule has 1 saturated carbocycles. The quantitative estimate of drug-likeness (QED) is 0.780. The van der Waals surface area contributed by atoms with Crippen LogP contribution in [0.4, 0.5) is 0 Å². The van der Waals surface area contributed by atoms with E-state index in [1.54, 1.807) is 0 Å². The number of carbonyl (C=O) groups is 1. The molecule has 2 fully saturated rings. The van der Waals surface area contributed by atoms with Crippen LogP contribution < -0.4 is 0 Å². The Morgan fingerprint density at radius 2 is 1.90 bits per heavy atom. The van der Waals surface area contributed by atoms with E-state index >= 15 is 0 Å². The summed E-state index contributed by atoms with van der Waals surface area (Å²) in [7, 11) is -2.87. The summed E-state index contributed by atoms with van der Waals surface area (Å²) in [5, 5.41) is 0. The molecule has 2 aliphatic rings. The Morgan fingerprint density at radius 3 is 2.60 bits per heavy atom. The first kappa shape index (κ1) is 16.0. The molecule has 2 rings (SSSR count). The van der Waals surface area contributed by atoms with Gasteiger partial charge >= 0.3 is 0 Å². The average Bonchev–Trinajstić information content (AvgIpc) is 2.39. The summed E-state index contributed by atoms with van der Waals surface area (Å²) in [6, 6.07) is 0.371. The Labute approximate surface area is 122 Å². The molecule has 1 aliphatic heterocycles. The fraction of sp³-hybridized carbons (Fsp3) is 0.933. The lowest BCUT2D eigenvalue weighted by atomic mass is 9.79. The highest BCUT2D eigenvalue weighted by Gasteiger charge is 2.35. The van der Waals surface area contributed by atoms with Crippen molar-refractivity contribution in [1.29, 1.82) is 0 Å². The van der Waals surface area contributed by atoms with Crippen molar-refractivity contribution in [2.45, 2.75) is 57.4 Å². The maximum atomic E-state index is 12.1. The van der Waals surface area contributed by atoms with Crippen molar-refractivity contribution in [2.24, 2.45) is 5.92 Å². The number of sulfone groups is 1. The van der Waals surface area contributed by atoms with Crippen molar-refractivity contribution in [3.8, 4) is 0 Å². The predicted molar refractivity (Wildman–Crippen MR) is 80.5 cm³/mol. The summed E-state index contributed by atoms with van der Waals surface area (Å²) in [4.78, 5) is 14.5. The number of hydrogen-bond acceptors (Lipinski definition) is 4. The van der Waals surface area contributed by atoms with Crippen LogP contribution in [-0.4, -0.2) is 50.2 Å². The molecule has 0 spiro atoms. The van der Waals surface area contributed by atoms with Gasteiger partial charge in [-0.25, -0.2) is 8.42 Å². The molecule has 1 saturated heterocycles. The molecule has 0 aromatic rings. The Kier molecular flexibility index (Phi) is 5.61. The number of piperidine rings is 1. The Morgan fingerprint density at radius 1 is 1.15 bits per heavy atom. The van der Waals surface area contributed by atoms with Crippen LogP contribution in [0.3, 0.4) is 0 Å². The Balaban J connectivity index is 1.92. The van der Waals surface area contributed by atoms with Crippen LogP contribution in [0.15, 0.2) is 0 Å². The van der Waals surface area contributed by atoms with Gasteiger partial charge in [0.25, 0.3) is 0 Å². The maximum absolute atomic E-state index is 12.1. The van der Waals surface area contributed by atoms with Crippen LogP contribution in [0.5, 0.6) is 0 Å². The third kappa shape index (κ3) is 4.55. The van der Waals surface area contributed by atoms with E-state index in [4.69, 9.17) is 0 Å². The summed E-state index contributed by atoms with van der Waals surface area (Å²) in [6.07, 6.45) is 9.48. The Bertz CT molecular complexity index is 432. The molecule has 1 heterocycles. The monoisotopic (exact) mass is 301 g/mol. The van der Waals surface area contributed by atoms with Crippen molar-refractivity contribution < 1.29 is 13.2 Å². The third-order valence-corrected chi connectivity index (χ3v) is 5.72. The molecule has 116 valence electrons. The van der Waals surface area contributed by atoms with E-state index in [9.17, 15) is 13.2 Å². The maximum Gasteiger partial charge on any atom is 0.147 e. The highest BCUT2D eigenvalue weighted by molar-refractivity contribution is 7.90. The van der Waals surface area contributed by atoms with Crippen LogP contribution in [0.2, 0.25) is 0 Å². The van der Waals surface area contributed by atoms with Gasteiger partial charge in [-0.3, -0.25) is 9.69 Å². The molecule has 0 aromatic carbocycles. The molecule has 2 unspecified atom stereocenters. The van der Waals surface area contributed by atoms with E-state index < -0.39 is 9.84 Å². The molecule has 1 aliphatic carbocycles. The molecule has 0 N–H and O–H groups in total. The zero-order valence-corrected chi connectivity index (χ0v) is 13.3. The molecule has 2 atom stereocenters. The molecule has 4 nitrogen and oxygen atoms in total. The second-order valence-corrected chi connectivity index (χ2v) is 8.66. The van der Waals surface area contributed by atoms with Crippen molar-refractivity contribution >= 4 is 15.6 Å². The van der Waals surface area contributed by atoms with Gasteiger partial charge < -0.3 is 0 Å². The number of nitrogens with zero attached hydrogens (tertiary/aromatic N) is 1. The standard InChI is InChI=1S/C15H27NO3S/c1-20(18,19)12-6-11-16-10-5-4-8-14(16)13-7-2-3-9-15(13)17/h13-14H,2-12H2,1H3. The average molecular weight is 301 g/mol. The number of ketones is 1. The topological polar surface area (TPSA) is 54.5 Å².